The molecule has 0 aliphatic carbocycles. The second-order valence-corrected chi connectivity index (χ2v) is 11.1. The summed E-state index contributed by atoms with van der Waals surface area (Å²) in [5.74, 6) is -0.589. The molecule has 1 aromatic carbocycles. The summed E-state index contributed by atoms with van der Waals surface area (Å²) in [6.45, 7) is 5.98. The lowest BCUT2D eigenvalue weighted by Gasteiger charge is -2.08. The van der Waals surface area contributed by atoms with Crippen LogP contribution in [0.3, 0.4) is 0 Å². The Hall–Kier alpha value is -3.53. The zero-order valence-corrected chi connectivity index (χ0v) is 20.4. The van der Waals surface area contributed by atoms with E-state index in [-0.39, 0.29) is 29.5 Å². The number of carbonyl (C=O) groups is 1. The molecule has 3 aromatic heterocycles. The molecule has 10 heteroatoms. The Labute approximate surface area is 197 Å². The summed E-state index contributed by atoms with van der Waals surface area (Å²) in [5.41, 5.74) is 3.86. The highest BCUT2D eigenvalue weighted by Gasteiger charge is 2.24. The van der Waals surface area contributed by atoms with Crippen molar-refractivity contribution >= 4 is 32.2 Å². The fourth-order valence-corrected chi connectivity index (χ4v) is 4.70. The first-order valence-corrected chi connectivity index (χ1v) is 13.1. The van der Waals surface area contributed by atoms with E-state index in [2.05, 4.69) is 20.4 Å². The van der Waals surface area contributed by atoms with Crippen molar-refractivity contribution in [1.82, 2.24) is 24.9 Å². The molecule has 34 heavy (non-hydrogen) atoms. The number of carbonyl (C=O) groups excluding carboxylic acids is 1. The van der Waals surface area contributed by atoms with Crippen LogP contribution in [0.25, 0.3) is 27.7 Å². The van der Waals surface area contributed by atoms with Crippen LogP contribution < -0.4 is 10.9 Å². The Kier molecular flexibility index (Phi) is 6.26. The van der Waals surface area contributed by atoms with Crippen LogP contribution in [-0.2, 0) is 9.84 Å². The number of nitrogens with one attached hydrogen (secondary N) is 2. The summed E-state index contributed by atoms with van der Waals surface area (Å²) in [4.78, 5) is 33.4. The molecule has 0 radical (unpaired) electrons. The molecule has 2 N–H and O–H groups in total. The maximum absolute atomic E-state index is 13.1. The minimum absolute atomic E-state index is 0.0161. The first-order chi connectivity index (χ1) is 16.0. The Morgan fingerprint density at radius 3 is 2.74 bits per heavy atom. The third-order valence-corrected chi connectivity index (χ3v) is 6.72. The monoisotopic (exact) mass is 481 g/mol. The number of amides is 1. The SMILES string of the molecule is Cc1cccc2ncc(-c3cn4nc(C(=O)NCCCS(C)(=O)=O)c(C(C)C)c4c(=O)[nH]3)cc12. The quantitative estimate of drug-likeness (QED) is 0.391. The predicted molar refractivity (Wildman–Crippen MR) is 132 cm³/mol. The van der Waals surface area contributed by atoms with E-state index in [0.717, 1.165) is 28.3 Å². The molecular formula is C24H27N5O4S. The second kappa shape index (κ2) is 9.02. The normalized spacial score (nSPS) is 12.0. The maximum atomic E-state index is 13.1. The average Bonchev–Trinajstić information content (AvgIpc) is 3.17. The molecule has 1 amide bonds. The van der Waals surface area contributed by atoms with Crippen LogP contribution in [0.5, 0.6) is 0 Å². The average molecular weight is 482 g/mol. The third kappa shape index (κ3) is 4.72. The molecular weight excluding hydrogens is 454 g/mol. The molecule has 0 bridgehead atoms. The fourth-order valence-electron chi connectivity index (χ4n) is 4.03. The topological polar surface area (TPSA) is 126 Å². The molecule has 0 unspecified atom stereocenters. The number of benzene rings is 1. The lowest BCUT2D eigenvalue weighted by molar-refractivity contribution is 0.0947. The Bertz CT molecular complexity index is 1570. The molecule has 0 spiro atoms. The lowest BCUT2D eigenvalue weighted by atomic mass is 10.0. The number of fused-ring (bicyclic) bond motifs is 2. The first kappa shape index (κ1) is 23.6. The number of aromatic amines is 1. The van der Waals surface area contributed by atoms with E-state index in [9.17, 15) is 18.0 Å². The molecule has 178 valence electrons. The molecule has 9 nitrogen and oxygen atoms in total. The van der Waals surface area contributed by atoms with E-state index in [1.807, 2.05) is 45.0 Å². The third-order valence-electron chi connectivity index (χ3n) is 5.69. The van der Waals surface area contributed by atoms with Gasteiger partial charge in [0.1, 0.15) is 15.4 Å². The van der Waals surface area contributed by atoms with Gasteiger partial charge in [0.05, 0.1) is 23.2 Å². The number of hydrogen-bond donors (Lipinski definition) is 2. The Balaban J connectivity index is 1.73. The molecule has 0 atom stereocenters. The van der Waals surface area contributed by atoms with Crippen molar-refractivity contribution in [2.24, 2.45) is 0 Å². The summed E-state index contributed by atoms with van der Waals surface area (Å²) in [5, 5.41) is 8.14. The van der Waals surface area contributed by atoms with E-state index in [4.69, 9.17) is 0 Å². The molecule has 0 saturated carbocycles. The number of rotatable bonds is 7. The highest BCUT2D eigenvalue weighted by Crippen LogP contribution is 2.26. The van der Waals surface area contributed by atoms with Gasteiger partial charge in [0, 0.05) is 35.5 Å². The molecule has 3 heterocycles. The number of nitrogens with zero attached hydrogens (tertiary/aromatic N) is 3. The lowest BCUT2D eigenvalue weighted by Crippen LogP contribution is -2.27. The minimum Gasteiger partial charge on any atom is -0.351 e. The standard InChI is InChI=1S/C24H27N5O4S/c1-14(2)20-21(23(30)25-9-6-10-34(4,32)33)28-29-13-19(27-24(31)22(20)29)16-11-17-15(3)7-5-8-18(17)26-12-16/h5,7-8,11-14H,6,9-10H2,1-4H3,(H,25,30)(H,27,31). The second-order valence-electron chi connectivity index (χ2n) is 8.81. The molecule has 4 aromatic rings. The van der Waals surface area contributed by atoms with Crippen LogP contribution in [0.1, 0.15) is 47.8 Å². The van der Waals surface area contributed by atoms with E-state index < -0.39 is 15.7 Å². The van der Waals surface area contributed by atoms with Gasteiger partial charge >= 0.3 is 0 Å². The van der Waals surface area contributed by atoms with Crippen molar-refractivity contribution < 1.29 is 13.2 Å². The first-order valence-electron chi connectivity index (χ1n) is 11.0. The Morgan fingerprint density at radius 2 is 2.03 bits per heavy atom. The Morgan fingerprint density at radius 1 is 1.26 bits per heavy atom. The number of hydrogen-bond acceptors (Lipinski definition) is 6. The highest BCUT2D eigenvalue weighted by atomic mass is 32.2. The van der Waals surface area contributed by atoms with Gasteiger partial charge in [0.15, 0.2) is 5.69 Å². The van der Waals surface area contributed by atoms with Gasteiger partial charge in [-0.1, -0.05) is 26.0 Å². The maximum Gasteiger partial charge on any atom is 0.274 e. The van der Waals surface area contributed by atoms with E-state index in [0.29, 0.717) is 23.2 Å². The summed E-state index contributed by atoms with van der Waals surface area (Å²) in [7, 11) is -3.10. The highest BCUT2D eigenvalue weighted by molar-refractivity contribution is 7.90. The smallest absolute Gasteiger partial charge is 0.274 e. The van der Waals surface area contributed by atoms with Crippen LogP contribution in [0.2, 0.25) is 0 Å². The van der Waals surface area contributed by atoms with Gasteiger partial charge in [-0.3, -0.25) is 14.6 Å². The zero-order chi connectivity index (χ0) is 24.6. The molecule has 0 aliphatic rings. The molecule has 0 saturated heterocycles. The van der Waals surface area contributed by atoms with Gasteiger partial charge in [0.25, 0.3) is 11.5 Å². The number of pyridine rings is 1. The van der Waals surface area contributed by atoms with Crippen molar-refractivity contribution in [3.05, 3.63) is 63.8 Å². The number of aromatic nitrogens is 4. The fraction of sp³-hybridized carbons (Fsp3) is 0.333. The zero-order valence-electron chi connectivity index (χ0n) is 19.5. The minimum atomic E-state index is -3.10. The van der Waals surface area contributed by atoms with Crippen LogP contribution in [-0.4, -0.2) is 52.5 Å². The van der Waals surface area contributed by atoms with Crippen LogP contribution in [0, 0.1) is 6.92 Å². The summed E-state index contributed by atoms with van der Waals surface area (Å²) in [6, 6.07) is 7.85. The van der Waals surface area contributed by atoms with Gasteiger partial charge in [0.2, 0.25) is 0 Å². The van der Waals surface area contributed by atoms with Gasteiger partial charge in [-0.15, -0.1) is 0 Å². The van der Waals surface area contributed by atoms with Crippen molar-refractivity contribution in [1.29, 1.82) is 0 Å². The number of aryl methyl sites for hydroxylation is 1. The van der Waals surface area contributed by atoms with Crippen molar-refractivity contribution in [2.45, 2.75) is 33.1 Å². The van der Waals surface area contributed by atoms with Gasteiger partial charge < -0.3 is 10.3 Å². The van der Waals surface area contributed by atoms with E-state index >= 15 is 0 Å². The van der Waals surface area contributed by atoms with E-state index in [1.54, 1.807) is 12.4 Å². The van der Waals surface area contributed by atoms with Gasteiger partial charge in [-0.05, 0) is 37.0 Å². The predicted octanol–water partition coefficient (Wildman–Crippen LogP) is 2.83. The van der Waals surface area contributed by atoms with Crippen molar-refractivity contribution in [3.8, 4) is 11.3 Å². The number of H-pyrrole nitrogens is 1. The molecule has 0 aliphatic heterocycles. The summed E-state index contributed by atoms with van der Waals surface area (Å²) < 4.78 is 24.1. The van der Waals surface area contributed by atoms with Crippen LogP contribution in [0.15, 0.2) is 41.5 Å². The van der Waals surface area contributed by atoms with Crippen LogP contribution in [0.4, 0.5) is 0 Å². The summed E-state index contributed by atoms with van der Waals surface area (Å²) in [6.07, 6.45) is 4.84. The summed E-state index contributed by atoms with van der Waals surface area (Å²) >= 11 is 0. The van der Waals surface area contributed by atoms with Gasteiger partial charge in [-0.2, -0.15) is 5.10 Å². The largest absolute Gasteiger partial charge is 0.351 e. The van der Waals surface area contributed by atoms with Crippen LogP contribution >= 0.6 is 0 Å². The van der Waals surface area contributed by atoms with E-state index in [1.165, 1.54) is 4.52 Å². The number of sulfone groups is 1. The van der Waals surface area contributed by atoms with Crippen molar-refractivity contribution in [2.75, 3.05) is 18.6 Å². The molecule has 0 fully saturated rings. The molecule has 4 rings (SSSR count). The van der Waals surface area contributed by atoms with Gasteiger partial charge in [-0.25, -0.2) is 12.9 Å². The van der Waals surface area contributed by atoms with Crippen molar-refractivity contribution in [3.63, 3.8) is 0 Å².